The van der Waals surface area contributed by atoms with Crippen molar-refractivity contribution in [3.63, 3.8) is 0 Å². The molecule has 4 nitrogen and oxygen atoms in total. The van der Waals surface area contributed by atoms with Gasteiger partial charge in [0.2, 0.25) is 0 Å². The van der Waals surface area contributed by atoms with Crippen LogP contribution in [0.25, 0.3) is 6.08 Å². The normalized spacial score (nSPS) is 11.2. The Morgan fingerprint density at radius 2 is 2.00 bits per heavy atom. The van der Waals surface area contributed by atoms with E-state index in [0.29, 0.717) is 28.0 Å². The van der Waals surface area contributed by atoms with Gasteiger partial charge in [-0.3, -0.25) is 0 Å². The molecule has 1 aromatic heterocycles. The highest BCUT2D eigenvalue weighted by Crippen LogP contribution is 2.22. The number of hydrogen-bond acceptors (Lipinski definition) is 3. The maximum atomic E-state index is 10.4. The van der Waals surface area contributed by atoms with Crippen molar-refractivity contribution in [3.8, 4) is 0 Å². The molecule has 0 spiro atoms. The lowest BCUT2D eigenvalue weighted by Crippen LogP contribution is -2.18. The first-order chi connectivity index (χ1) is 9.47. The lowest BCUT2D eigenvalue weighted by Gasteiger charge is -2.03. The summed E-state index contributed by atoms with van der Waals surface area (Å²) in [6.45, 7) is 2.25. The van der Waals surface area contributed by atoms with Crippen LogP contribution in [0.3, 0.4) is 0 Å². The summed E-state index contributed by atoms with van der Waals surface area (Å²) in [5.41, 5.74) is 2.22. The molecule has 0 radical (unpaired) electrons. The second kappa shape index (κ2) is 6.11. The van der Waals surface area contributed by atoms with Gasteiger partial charge in [0.1, 0.15) is 5.15 Å². The smallest absolute Gasteiger partial charge is 0.134 e. The molecule has 0 atom stereocenters. The number of hydrogen-bond donors (Lipinski definition) is 0. The standard InChI is InChI=1S/C14H12Cl2N2O2/c1-9-12(6-7-13(19)20)14(16)18(17-9)8-10-2-4-11(15)5-3-10/h2-7H,8H2,1H3,(H,19,20)/p-1/b7-6+. The number of carboxylic acid groups (broad SMARTS) is 1. The van der Waals surface area contributed by atoms with Crippen LogP contribution < -0.4 is 5.11 Å². The van der Waals surface area contributed by atoms with Gasteiger partial charge in [0.25, 0.3) is 0 Å². The molecule has 0 N–H and O–H groups in total. The number of carboxylic acids is 1. The molecule has 2 rings (SSSR count). The molecule has 0 amide bonds. The van der Waals surface area contributed by atoms with Crippen LogP contribution in [-0.4, -0.2) is 15.7 Å². The Morgan fingerprint density at radius 1 is 1.35 bits per heavy atom. The van der Waals surface area contributed by atoms with Gasteiger partial charge in [0.15, 0.2) is 0 Å². The summed E-state index contributed by atoms with van der Waals surface area (Å²) in [6.07, 6.45) is 2.32. The van der Waals surface area contributed by atoms with Crippen LogP contribution >= 0.6 is 23.2 Å². The summed E-state index contributed by atoms with van der Waals surface area (Å²) in [5.74, 6) is -1.27. The van der Waals surface area contributed by atoms with Gasteiger partial charge in [-0.25, -0.2) is 4.68 Å². The molecule has 0 unspecified atom stereocenters. The molecule has 20 heavy (non-hydrogen) atoms. The van der Waals surface area contributed by atoms with E-state index in [0.717, 1.165) is 11.6 Å². The molecule has 0 aliphatic heterocycles. The Kier molecular flexibility index (Phi) is 4.47. The van der Waals surface area contributed by atoms with E-state index in [1.54, 1.807) is 23.7 Å². The molecule has 1 aromatic carbocycles. The number of nitrogens with zero attached hydrogens (tertiary/aromatic N) is 2. The minimum atomic E-state index is -1.27. The predicted molar refractivity (Wildman–Crippen MR) is 76.6 cm³/mol. The van der Waals surface area contributed by atoms with Gasteiger partial charge in [0.05, 0.1) is 18.2 Å². The molecule has 0 saturated carbocycles. The first-order valence-electron chi connectivity index (χ1n) is 5.84. The fraction of sp³-hybridized carbons (Fsp3) is 0.143. The number of benzene rings is 1. The van der Waals surface area contributed by atoms with Gasteiger partial charge in [-0.2, -0.15) is 5.10 Å². The molecule has 0 aliphatic rings. The number of carbonyl (C=O) groups excluding carboxylic acids is 1. The quantitative estimate of drug-likeness (QED) is 0.814. The Labute approximate surface area is 126 Å². The van der Waals surface area contributed by atoms with Crippen molar-refractivity contribution >= 4 is 35.2 Å². The highest BCUT2D eigenvalue weighted by atomic mass is 35.5. The van der Waals surface area contributed by atoms with Crippen LogP contribution in [0.2, 0.25) is 10.2 Å². The van der Waals surface area contributed by atoms with Crippen LogP contribution in [0.15, 0.2) is 30.3 Å². The van der Waals surface area contributed by atoms with Gasteiger partial charge in [-0.15, -0.1) is 0 Å². The van der Waals surface area contributed by atoms with E-state index in [2.05, 4.69) is 5.10 Å². The lowest BCUT2D eigenvalue weighted by molar-refractivity contribution is -0.297. The maximum Gasteiger partial charge on any atom is 0.134 e. The molecule has 6 heteroatoms. The Bertz CT molecular complexity index is 661. The van der Waals surface area contributed by atoms with Crippen LogP contribution in [0.1, 0.15) is 16.8 Å². The number of carbonyl (C=O) groups is 1. The Hall–Kier alpha value is -1.78. The zero-order valence-electron chi connectivity index (χ0n) is 10.6. The largest absolute Gasteiger partial charge is 0.545 e. The molecule has 1 heterocycles. The number of aryl methyl sites for hydroxylation is 1. The van der Waals surface area contributed by atoms with E-state index in [4.69, 9.17) is 23.2 Å². The Balaban J connectivity index is 2.27. The average Bonchev–Trinajstić information content (AvgIpc) is 2.65. The number of aromatic nitrogens is 2. The third kappa shape index (κ3) is 3.40. The summed E-state index contributed by atoms with van der Waals surface area (Å²) >= 11 is 12.0. The van der Waals surface area contributed by atoms with Crippen LogP contribution in [0, 0.1) is 6.92 Å². The molecular weight excluding hydrogens is 299 g/mol. The van der Waals surface area contributed by atoms with Gasteiger partial charge >= 0.3 is 0 Å². The first kappa shape index (κ1) is 14.6. The molecule has 0 saturated heterocycles. The molecule has 104 valence electrons. The van der Waals surface area contributed by atoms with Gasteiger partial charge in [0, 0.05) is 10.6 Å². The van der Waals surface area contributed by atoms with Crippen molar-refractivity contribution < 1.29 is 9.90 Å². The average molecular weight is 310 g/mol. The molecular formula is C14H11Cl2N2O2-. The second-order valence-electron chi connectivity index (χ2n) is 4.23. The topological polar surface area (TPSA) is 58.0 Å². The van der Waals surface area contributed by atoms with Crippen LogP contribution in [0.5, 0.6) is 0 Å². The van der Waals surface area contributed by atoms with Crippen molar-refractivity contribution in [3.05, 3.63) is 57.3 Å². The van der Waals surface area contributed by atoms with Crippen LogP contribution in [0.4, 0.5) is 0 Å². The van der Waals surface area contributed by atoms with E-state index in [1.165, 1.54) is 6.08 Å². The highest BCUT2D eigenvalue weighted by molar-refractivity contribution is 6.31. The van der Waals surface area contributed by atoms with E-state index in [1.807, 2.05) is 12.1 Å². The molecule has 0 aliphatic carbocycles. The highest BCUT2D eigenvalue weighted by Gasteiger charge is 2.11. The predicted octanol–water partition coefficient (Wildman–Crippen LogP) is 2.31. The fourth-order valence-corrected chi connectivity index (χ4v) is 2.20. The first-order valence-corrected chi connectivity index (χ1v) is 6.59. The molecule has 0 fully saturated rings. The van der Waals surface area contributed by atoms with Gasteiger partial charge in [-0.05, 0) is 36.8 Å². The minimum Gasteiger partial charge on any atom is -0.545 e. The monoisotopic (exact) mass is 309 g/mol. The van der Waals surface area contributed by atoms with E-state index < -0.39 is 5.97 Å². The number of rotatable bonds is 4. The molecule has 2 aromatic rings. The summed E-state index contributed by atoms with van der Waals surface area (Å²) in [5, 5.41) is 15.8. The number of halogens is 2. The zero-order valence-corrected chi connectivity index (χ0v) is 12.1. The van der Waals surface area contributed by atoms with Crippen molar-refractivity contribution in [2.24, 2.45) is 0 Å². The van der Waals surface area contributed by atoms with Crippen molar-refractivity contribution in [2.45, 2.75) is 13.5 Å². The SMILES string of the molecule is Cc1nn(Cc2ccc(Cl)cc2)c(Cl)c1/C=C/C(=O)[O-]. The second-order valence-corrected chi connectivity index (χ2v) is 5.02. The third-order valence-corrected chi connectivity index (χ3v) is 3.39. The minimum absolute atomic E-state index is 0.384. The van der Waals surface area contributed by atoms with E-state index >= 15 is 0 Å². The van der Waals surface area contributed by atoms with Gasteiger partial charge < -0.3 is 9.90 Å². The molecule has 0 bridgehead atoms. The fourth-order valence-electron chi connectivity index (χ4n) is 1.78. The van der Waals surface area contributed by atoms with Crippen molar-refractivity contribution in [2.75, 3.05) is 0 Å². The van der Waals surface area contributed by atoms with Crippen molar-refractivity contribution in [1.82, 2.24) is 9.78 Å². The van der Waals surface area contributed by atoms with Crippen LogP contribution in [-0.2, 0) is 11.3 Å². The summed E-state index contributed by atoms with van der Waals surface area (Å²) < 4.78 is 1.61. The maximum absolute atomic E-state index is 10.4. The zero-order chi connectivity index (χ0) is 14.7. The Morgan fingerprint density at radius 3 is 2.60 bits per heavy atom. The summed E-state index contributed by atoms with van der Waals surface area (Å²) in [6, 6.07) is 7.34. The summed E-state index contributed by atoms with van der Waals surface area (Å²) in [4.78, 5) is 10.4. The van der Waals surface area contributed by atoms with E-state index in [-0.39, 0.29) is 0 Å². The number of aliphatic carboxylic acids is 1. The van der Waals surface area contributed by atoms with Gasteiger partial charge in [-0.1, -0.05) is 35.3 Å². The third-order valence-electron chi connectivity index (χ3n) is 2.74. The summed E-state index contributed by atoms with van der Waals surface area (Å²) in [7, 11) is 0. The lowest BCUT2D eigenvalue weighted by atomic mass is 10.2. The van der Waals surface area contributed by atoms with Crippen molar-refractivity contribution in [1.29, 1.82) is 0 Å². The van der Waals surface area contributed by atoms with E-state index in [9.17, 15) is 9.90 Å².